The number of carbonyl (C=O) groups excluding carboxylic acids is 1. The maximum absolute atomic E-state index is 11.7. The minimum Gasteiger partial charge on any atom is -0.320 e. The van der Waals surface area contributed by atoms with Crippen LogP contribution in [0.15, 0.2) is 6.20 Å². The van der Waals surface area contributed by atoms with Crippen LogP contribution in [0.4, 0.5) is 5.82 Å². The van der Waals surface area contributed by atoms with Gasteiger partial charge in [0.05, 0.1) is 18.0 Å². The summed E-state index contributed by atoms with van der Waals surface area (Å²) >= 11 is 0. The van der Waals surface area contributed by atoms with Gasteiger partial charge < -0.3 is 11.1 Å². The van der Waals surface area contributed by atoms with Crippen molar-refractivity contribution < 1.29 is 13.2 Å². The SMILES string of the molecule is CCc1cn[nH]c1NC(=O)C(N)CCS(C)(=O)=O. The molecule has 18 heavy (non-hydrogen) atoms. The lowest BCUT2D eigenvalue weighted by atomic mass is 10.2. The molecule has 1 atom stereocenters. The minimum absolute atomic E-state index is 0.0975. The van der Waals surface area contributed by atoms with Crippen LogP contribution in [-0.4, -0.2) is 42.6 Å². The molecule has 4 N–H and O–H groups in total. The summed E-state index contributed by atoms with van der Waals surface area (Å²) in [5.74, 6) is -0.0134. The first-order valence-corrected chi connectivity index (χ1v) is 7.66. The van der Waals surface area contributed by atoms with Gasteiger partial charge in [0.15, 0.2) is 0 Å². The van der Waals surface area contributed by atoms with Crippen LogP contribution in [0.5, 0.6) is 0 Å². The van der Waals surface area contributed by atoms with Crippen molar-refractivity contribution in [2.24, 2.45) is 5.73 Å². The highest BCUT2D eigenvalue weighted by atomic mass is 32.2. The van der Waals surface area contributed by atoms with E-state index in [9.17, 15) is 13.2 Å². The third-order valence-corrected chi connectivity index (χ3v) is 3.46. The first kappa shape index (κ1) is 14.7. The van der Waals surface area contributed by atoms with Crippen molar-refractivity contribution in [2.75, 3.05) is 17.3 Å². The zero-order valence-corrected chi connectivity index (χ0v) is 11.3. The number of sulfone groups is 1. The Morgan fingerprint density at radius 2 is 2.28 bits per heavy atom. The Hall–Kier alpha value is -1.41. The van der Waals surface area contributed by atoms with Crippen LogP contribution in [0.3, 0.4) is 0 Å². The quantitative estimate of drug-likeness (QED) is 0.656. The van der Waals surface area contributed by atoms with Crippen LogP contribution < -0.4 is 11.1 Å². The van der Waals surface area contributed by atoms with E-state index in [1.54, 1.807) is 6.20 Å². The Morgan fingerprint density at radius 1 is 1.61 bits per heavy atom. The van der Waals surface area contributed by atoms with Crippen LogP contribution in [0.25, 0.3) is 0 Å². The molecule has 0 aliphatic heterocycles. The Balaban J connectivity index is 2.55. The van der Waals surface area contributed by atoms with Crippen molar-refractivity contribution in [3.8, 4) is 0 Å². The molecule has 1 rings (SSSR count). The fourth-order valence-electron chi connectivity index (χ4n) is 1.38. The summed E-state index contributed by atoms with van der Waals surface area (Å²) in [5, 5.41) is 9.07. The number of aryl methyl sites for hydroxylation is 1. The van der Waals surface area contributed by atoms with E-state index in [1.807, 2.05) is 6.92 Å². The van der Waals surface area contributed by atoms with Crippen molar-refractivity contribution in [2.45, 2.75) is 25.8 Å². The van der Waals surface area contributed by atoms with Gasteiger partial charge in [-0.05, 0) is 12.8 Å². The summed E-state index contributed by atoms with van der Waals surface area (Å²) in [4.78, 5) is 11.7. The predicted molar refractivity (Wildman–Crippen MR) is 68.9 cm³/mol. The molecule has 7 nitrogen and oxygen atoms in total. The molecule has 0 fully saturated rings. The van der Waals surface area contributed by atoms with E-state index in [4.69, 9.17) is 5.73 Å². The van der Waals surface area contributed by atoms with Gasteiger partial charge in [0.25, 0.3) is 0 Å². The van der Waals surface area contributed by atoms with Crippen LogP contribution in [0, 0.1) is 0 Å². The molecule has 0 aliphatic rings. The number of hydrogen-bond donors (Lipinski definition) is 3. The molecule has 0 aromatic carbocycles. The second-order valence-corrected chi connectivity index (χ2v) is 6.40. The van der Waals surface area contributed by atoms with E-state index in [2.05, 4.69) is 15.5 Å². The lowest BCUT2D eigenvalue weighted by molar-refractivity contribution is -0.117. The number of amides is 1. The fraction of sp³-hybridized carbons (Fsp3) is 0.600. The Labute approximate surface area is 106 Å². The van der Waals surface area contributed by atoms with E-state index >= 15 is 0 Å². The molecule has 1 aromatic heterocycles. The Kier molecular flexibility index (Phi) is 4.85. The van der Waals surface area contributed by atoms with Gasteiger partial charge in [-0.25, -0.2) is 8.42 Å². The number of nitrogens with zero attached hydrogens (tertiary/aromatic N) is 1. The topological polar surface area (TPSA) is 118 Å². The maximum atomic E-state index is 11.7. The van der Waals surface area contributed by atoms with Crippen LogP contribution in [0.1, 0.15) is 18.9 Å². The normalized spacial score (nSPS) is 13.3. The zero-order chi connectivity index (χ0) is 13.8. The second-order valence-electron chi connectivity index (χ2n) is 4.14. The van der Waals surface area contributed by atoms with E-state index in [0.717, 1.165) is 18.2 Å². The molecule has 0 aliphatic carbocycles. The molecule has 102 valence electrons. The molecule has 0 saturated heterocycles. The minimum atomic E-state index is -3.11. The first-order chi connectivity index (χ1) is 8.33. The highest BCUT2D eigenvalue weighted by Crippen LogP contribution is 2.11. The van der Waals surface area contributed by atoms with Gasteiger partial charge in [0.2, 0.25) is 5.91 Å². The summed E-state index contributed by atoms with van der Waals surface area (Å²) in [6, 6.07) is -0.854. The van der Waals surface area contributed by atoms with Crippen molar-refractivity contribution in [3.05, 3.63) is 11.8 Å². The predicted octanol–water partition coefficient (Wildman–Crippen LogP) is -0.327. The van der Waals surface area contributed by atoms with Crippen LogP contribution >= 0.6 is 0 Å². The van der Waals surface area contributed by atoms with E-state index in [-0.39, 0.29) is 12.2 Å². The average Bonchev–Trinajstić information content (AvgIpc) is 2.72. The van der Waals surface area contributed by atoms with Crippen LogP contribution in [0.2, 0.25) is 0 Å². The van der Waals surface area contributed by atoms with Gasteiger partial charge in [-0.3, -0.25) is 9.89 Å². The monoisotopic (exact) mass is 274 g/mol. The molecule has 0 bridgehead atoms. The van der Waals surface area contributed by atoms with E-state index < -0.39 is 21.8 Å². The Morgan fingerprint density at radius 3 is 2.83 bits per heavy atom. The number of anilines is 1. The summed E-state index contributed by atoms with van der Waals surface area (Å²) in [6.07, 6.45) is 3.56. The maximum Gasteiger partial charge on any atom is 0.242 e. The van der Waals surface area contributed by atoms with Gasteiger partial charge in [-0.2, -0.15) is 5.10 Å². The molecule has 1 heterocycles. The number of H-pyrrole nitrogens is 1. The third kappa shape index (κ3) is 4.46. The van der Waals surface area contributed by atoms with Gasteiger partial charge in [0, 0.05) is 11.8 Å². The number of aromatic nitrogens is 2. The lowest BCUT2D eigenvalue weighted by Crippen LogP contribution is -2.37. The van der Waals surface area contributed by atoms with Gasteiger partial charge in [0.1, 0.15) is 15.7 Å². The molecule has 8 heteroatoms. The standard InChI is InChI=1S/C10H18N4O3S/c1-3-7-6-12-14-9(7)13-10(15)8(11)4-5-18(2,16)17/h6,8H,3-5,11H2,1-2H3,(H2,12,13,14,15). The first-order valence-electron chi connectivity index (χ1n) is 5.60. The smallest absolute Gasteiger partial charge is 0.242 e. The van der Waals surface area contributed by atoms with Crippen molar-refractivity contribution >= 4 is 21.6 Å². The van der Waals surface area contributed by atoms with E-state index in [1.165, 1.54) is 0 Å². The van der Waals surface area contributed by atoms with Crippen molar-refractivity contribution in [1.82, 2.24) is 10.2 Å². The molecular formula is C10H18N4O3S. The third-order valence-electron chi connectivity index (χ3n) is 2.48. The van der Waals surface area contributed by atoms with E-state index in [0.29, 0.717) is 5.82 Å². The highest BCUT2D eigenvalue weighted by molar-refractivity contribution is 7.90. The molecule has 0 radical (unpaired) electrons. The largest absolute Gasteiger partial charge is 0.320 e. The average molecular weight is 274 g/mol. The van der Waals surface area contributed by atoms with Crippen molar-refractivity contribution in [1.29, 1.82) is 0 Å². The molecular weight excluding hydrogens is 256 g/mol. The summed E-state index contributed by atoms with van der Waals surface area (Å²) < 4.78 is 21.9. The summed E-state index contributed by atoms with van der Waals surface area (Å²) in [7, 11) is -3.11. The number of aromatic amines is 1. The number of carbonyl (C=O) groups is 1. The number of nitrogens with one attached hydrogen (secondary N) is 2. The van der Waals surface area contributed by atoms with Crippen molar-refractivity contribution in [3.63, 3.8) is 0 Å². The van der Waals surface area contributed by atoms with Gasteiger partial charge >= 0.3 is 0 Å². The number of rotatable bonds is 6. The summed E-state index contributed by atoms with van der Waals surface area (Å²) in [5.41, 5.74) is 6.50. The highest BCUT2D eigenvalue weighted by Gasteiger charge is 2.17. The molecule has 1 amide bonds. The molecule has 0 saturated carbocycles. The molecule has 0 spiro atoms. The molecule has 1 unspecified atom stereocenters. The fourth-order valence-corrected chi connectivity index (χ4v) is 2.06. The summed E-state index contributed by atoms with van der Waals surface area (Å²) in [6.45, 7) is 1.93. The van der Waals surface area contributed by atoms with Gasteiger partial charge in [-0.15, -0.1) is 0 Å². The lowest BCUT2D eigenvalue weighted by Gasteiger charge is -2.11. The van der Waals surface area contributed by atoms with Gasteiger partial charge in [-0.1, -0.05) is 6.92 Å². The van der Waals surface area contributed by atoms with Crippen LogP contribution in [-0.2, 0) is 21.1 Å². The zero-order valence-electron chi connectivity index (χ0n) is 10.4. The second kappa shape index (κ2) is 5.96. The Bertz CT molecular complexity index is 509. The number of nitrogens with two attached hydrogens (primary N) is 1. The number of hydrogen-bond acceptors (Lipinski definition) is 5. The molecule has 1 aromatic rings.